The largest absolute Gasteiger partial charge is 0.358 e. The summed E-state index contributed by atoms with van der Waals surface area (Å²) in [5.41, 5.74) is 7.80. The first-order valence-corrected chi connectivity index (χ1v) is 21.7. The number of carbonyl (C=O) groups is 4. The number of para-hydroxylation sites is 2. The first-order valence-electron chi connectivity index (χ1n) is 20.9. The molecule has 2 aromatic carbocycles. The molecule has 60 heavy (non-hydrogen) atoms. The maximum absolute atomic E-state index is 14.3. The molecule has 0 bridgehead atoms. The highest BCUT2D eigenvalue weighted by Gasteiger charge is 2.49. The number of nitrogens with one attached hydrogen (secondary N) is 6. The maximum Gasteiger partial charge on any atom is 0.287 e. The Morgan fingerprint density at radius 1 is 0.933 bits per heavy atom. The molecule has 2 aromatic heterocycles. The van der Waals surface area contributed by atoms with Crippen LogP contribution in [0.3, 0.4) is 0 Å². The Balaban J connectivity index is 0.927. The molecule has 16 nitrogen and oxygen atoms in total. The number of hydrogen-bond acceptors (Lipinski definition) is 13. The SMILES string of the molecule is CC(C)CC(NC(=O)c1nc2c(CC(C)CC(N)C3=NCC(CC4CCNC4=O)(C(=O)c4nc5ccccc5s4)N3)cccc2[nH]1)C1=NCC(C#N)(CC2CCNC2=O)N1. The van der Waals surface area contributed by atoms with E-state index in [1.807, 2.05) is 42.5 Å². The van der Waals surface area contributed by atoms with Crippen LogP contribution in [-0.2, 0) is 16.0 Å². The molecule has 8 rings (SSSR count). The van der Waals surface area contributed by atoms with Crippen molar-refractivity contribution in [3.8, 4) is 6.07 Å². The predicted molar refractivity (Wildman–Crippen MR) is 230 cm³/mol. The number of aliphatic imine (C=N–C) groups is 2. The van der Waals surface area contributed by atoms with E-state index in [1.165, 1.54) is 11.3 Å². The van der Waals surface area contributed by atoms with Crippen LogP contribution in [0.1, 0.15) is 85.3 Å². The van der Waals surface area contributed by atoms with Crippen molar-refractivity contribution in [1.82, 2.24) is 41.5 Å². The lowest BCUT2D eigenvalue weighted by atomic mass is 9.83. The third-order valence-corrected chi connectivity index (χ3v) is 13.2. The van der Waals surface area contributed by atoms with Gasteiger partial charge < -0.3 is 37.3 Å². The smallest absolute Gasteiger partial charge is 0.287 e. The van der Waals surface area contributed by atoms with Gasteiger partial charge in [-0.1, -0.05) is 45.0 Å². The number of benzene rings is 2. The first kappa shape index (κ1) is 41.0. The third kappa shape index (κ3) is 8.35. The van der Waals surface area contributed by atoms with Gasteiger partial charge in [0.1, 0.15) is 22.7 Å². The molecular weight excluding hydrogens is 781 g/mol. The summed E-state index contributed by atoms with van der Waals surface area (Å²) in [5, 5.41) is 26.1. The lowest BCUT2D eigenvalue weighted by Gasteiger charge is -2.30. The van der Waals surface area contributed by atoms with Gasteiger partial charge in [-0.2, -0.15) is 5.26 Å². The minimum atomic E-state index is -1.13. The van der Waals surface area contributed by atoms with Crippen LogP contribution in [0.5, 0.6) is 0 Å². The number of hydrogen-bond donors (Lipinski definition) is 7. The number of H-pyrrole nitrogens is 1. The Labute approximate surface area is 352 Å². The van der Waals surface area contributed by atoms with Crippen molar-refractivity contribution in [3.63, 3.8) is 0 Å². The average Bonchev–Trinajstić information content (AvgIpc) is 4.09. The molecule has 7 atom stereocenters. The number of carbonyl (C=O) groups excluding carboxylic acids is 4. The van der Waals surface area contributed by atoms with Gasteiger partial charge in [-0.25, -0.2) is 9.97 Å². The van der Waals surface area contributed by atoms with Crippen LogP contribution in [0.15, 0.2) is 52.4 Å². The fourth-order valence-electron chi connectivity index (χ4n) is 9.06. The Morgan fingerprint density at radius 3 is 2.37 bits per heavy atom. The summed E-state index contributed by atoms with van der Waals surface area (Å²) in [4.78, 5) is 75.2. The first-order chi connectivity index (χ1) is 28.8. The van der Waals surface area contributed by atoms with Crippen LogP contribution in [0, 0.1) is 35.0 Å². The number of imidazole rings is 1. The molecule has 0 radical (unpaired) electrons. The van der Waals surface area contributed by atoms with Crippen molar-refractivity contribution in [2.24, 2.45) is 39.4 Å². The van der Waals surface area contributed by atoms with E-state index < -0.39 is 29.1 Å². The molecule has 17 heteroatoms. The molecule has 0 saturated carbocycles. The molecule has 0 aliphatic carbocycles. The van der Waals surface area contributed by atoms with Crippen LogP contribution in [-0.4, -0.2) is 99.5 Å². The standard InChI is InChI=1S/C43H52N12O4S/c1-23(2)15-31(36-48-21-42(20-44,54-36)18-26-11-13-46-38(26)57)51-40(59)37-50-30-9-6-7-25(33(30)53-37)16-24(3)17-28(45)35-49-22-43(55-35,19-27-12-14-47-39(27)58)34(56)41-52-29-8-4-5-10-32(29)60-41/h4-10,23-24,26-28,31H,11-19,21-22,45H2,1-3H3,(H,46,57)(H,47,58)(H,48,54)(H,49,55)(H,50,53)(H,51,59). The van der Waals surface area contributed by atoms with Gasteiger partial charge in [-0.05, 0) is 80.5 Å². The fourth-order valence-corrected chi connectivity index (χ4v) is 10.1. The number of amidine groups is 2. The number of thiazole rings is 1. The average molecular weight is 833 g/mol. The molecule has 0 spiro atoms. The predicted octanol–water partition coefficient (Wildman–Crippen LogP) is 3.15. The van der Waals surface area contributed by atoms with E-state index in [1.54, 1.807) is 0 Å². The monoisotopic (exact) mass is 832 g/mol. The van der Waals surface area contributed by atoms with E-state index in [4.69, 9.17) is 15.7 Å². The zero-order valence-corrected chi connectivity index (χ0v) is 35.0. The van der Waals surface area contributed by atoms with Crippen molar-refractivity contribution in [3.05, 3.63) is 58.9 Å². The van der Waals surface area contributed by atoms with E-state index >= 15 is 0 Å². The number of aromatic nitrogens is 3. The summed E-state index contributed by atoms with van der Waals surface area (Å²) in [6.45, 7) is 7.76. The molecule has 6 heterocycles. The minimum absolute atomic E-state index is 0.0441. The van der Waals surface area contributed by atoms with Crippen molar-refractivity contribution in [2.45, 2.75) is 88.9 Å². The highest BCUT2D eigenvalue weighted by atomic mass is 32.1. The molecule has 2 fully saturated rings. The number of rotatable bonds is 16. The summed E-state index contributed by atoms with van der Waals surface area (Å²) in [7, 11) is 0. The number of nitrogens with zero attached hydrogens (tertiary/aromatic N) is 5. The number of Topliss-reactive ketones (excluding diaryl/α,β-unsaturated/α-hetero) is 1. The summed E-state index contributed by atoms with van der Waals surface area (Å²) in [6.07, 6.45) is 3.72. The van der Waals surface area contributed by atoms with Gasteiger partial charge in [0.25, 0.3) is 5.91 Å². The number of amides is 3. The van der Waals surface area contributed by atoms with E-state index in [0.717, 1.165) is 21.3 Å². The zero-order chi connectivity index (χ0) is 42.2. The van der Waals surface area contributed by atoms with Crippen LogP contribution in [0.2, 0.25) is 0 Å². The highest BCUT2D eigenvalue weighted by molar-refractivity contribution is 7.20. The summed E-state index contributed by atoms with van der Waals surface area (Å²) < 4.78 is 0.918. The van der Waals surface area contributed by atoms with Crippen LogP contribution in [0.25, 0.3) is 21.3 Å². The number of fused-ring (bicyclic) bond motifs is 2. The van der Waals surface area contributed by atoms with Gasteiger partial charge in [0.15, 0.2) is 10.8 Å². The minimum Gasteiger partial charge on any atom is -0.358 e. The number of nitriles is 1. The molecular formula is C43H52N12O4S. The van der Waals surface area contributed by atoms with Gasteiger partial charge in [0.2, 0.25) is 17.6 Å². The van der Waals surface area contributed by atoms with E-state index in [0.29, 0.717) is 80.2 Å². The Bertz CT molecular complexity index is 2400. The lowest BCUT2D eigenvalue weighted by Crippen LogP contribution is -2.57. The van der Waals surface area contributed by atoms with Gasteiger partial charge in [0, 0.05) is 24.9 Å². The summed E-state index contributed by atoms with van der Waals surface area (Å²) in [6, 6.07) is 14.8. The third-order valence-electron chi connectivity index (χ3n) is 12.2. The van der Waals surface area contributed by atoms with Crippen LogP contribution < -0.4 is 32.3 Å². The van der Waals surface area contributed by atoms with Crippen LogP contribution >= 0.6 is 11.3 Å². The number of ketones is 1. The molecule has 4 aliphatic rings. The second kappa shape index (κ2) is 16.7. The normalized spacial score (nSPS) is 25.3. The molecule has 4 aliphatic heterocycles. The molecule has 8 N–H and O–H groups in total. The van der Waals surface area contributed by atoms with Crippen molar-refractivity contribution < 1.29 is 19.2 Å². The van der Waals surface area contributed by atoms with Gasteiger partial charge in [-0.3, -0.25) is 29.2 Å². The second-order valence-electron chi connectivity index (χ2n) is 17.4. The molecule has 2 saturated heterocycles. The maximum atomic E-state index is 14.3. The van der Waals surface area contributed by atoms with Crippen LogP contribution in [0.4, 0.5) is 0 Å². The quantitative estimate of drug-likeness (QED) is 0.0814. The Hall–Kier alpha value is -5.73. The Morgan fingerprint density at radius 2 is 1.67 bits per heavy atom. The zero-order valence-electron chi connectivity index (χ0n) is 34.1. The van der Waals surface area contributed by atoms with Gasteiger partial charge >= 0.3 is 0 Å². The molecule has 3 amide bonds. The lowest BCUT2D eigenvalue weighted by molar-refractivity contribution is -0.123. The highest BCUT2D eigenvalue weighted by Crippen LogP contribution is 2.33. The topological polar surface area (TPSA) is 245 Å². The molecule has 314 valence electrons. The van der Waals surface area contributed by atoms with Gasteiger partial charge in [0.05, 0.1) is 52.5 Å². The van der Waals surface area contributed by atoms with E-state index in [-0.39, 0.29) is 60.2 Å². The van der Waals surface area contributed by atoms with Gasteiger partial charge in [-0.15, -0.1) is 11.3 Å². The summed E-state index contributed by atoms with van der Waals surface area (Å²) >= 11 is 1.34. The van der Waals surface area contributed by atoms with Crippen molar-refractivity contribution >= 4 is 67.8 Å². The second-order valence-corrected chi connectivity index (χ2v) is 18.4. The fraction of sp³-hybridized carbons (Fsp3) is 0.512. The number of nitrogens with two attached hydrogens (primary N) is 1. The number of aromatic amines is 1. The Kier molecular flexibility index (Phi) is 11.4. The van der Waals surface area contributed by atoms with Crippen molar-refractivity contribution in [2.75, 3.05) is 26.2 Å². The van der Waals surface area contributed by atoms with E-state index in [9.17, 15) is 24.4 Å². The molecule has 7 unspecified atom stereocenters. The van der Waals surface area contributed by atoms with E-state index in [2.05, 4.69) is 68.4 Å². The van der Waals surface area contributed by atoms with Crippen molar-refractivity contribution in [1.29, 1.82) is 5.26 Å². The molecule has 4 aromatic rings. The summed E-state index contributed by atoms with van der Waals surface area (Å²) in [5.74, 6) is 0.257.